The average Bonchev–Trinajstić information content (AvgIpc) is 2.86. The van der Waals surface area contributed by atoms with Gasteiger partial charge >= 0.3 is 0 Å². The highest BCUT2D eigenvalue weighted by Crippen LogP contribution is 2.35. The number of piperidine rings is 1. The van der Waals surface area contributed by atoms with Gasteiger partial charge in [0, 0.05) is 19.0 Å². The van der Waals surface area contributed by atoms with Crippen LogP contribution in [0.15, 0.2) is 12.3 Å². The van der Waals surface area contributed by atoms with E-state index in [0.717, 1.165) is 19.4 Å². The van der Waals surface area contributed by atoms with Gasteiger partial charge in [-0.15, -0.1) is 0 Å². The van der Waals surface area contributed by atoms with Crippen LogP contribution in [0.3, 0.4) is 0 Å². The van der Waals surface area contributed by atoms with Crippen LogP contribution >= 0.6 is 11.6 Å². The maximum atomic E-state index is 10.7. The van der Waals surface area contributed by atoms with E-state index in [1.165, 1.54) is 12.3 Å². The standard InChI is InChI=1S/C12H14ClN3O4/c13-10-6-9(16(17)18)7-14-11(10)15-3-1-2-12(8-15)19-4-5-20-12/h6-7H,1-5,8H2. The molecule has 2 aliphatic rings. The molecule has 0 saturated carbocycles. The zero-order chi connectivity index (χ0) is 14.2. The van der Waals surface area contributed by atoms with Gasteiger partial charge in [0.05, 0.1) is 29.7 Å². The van der Waals surface area contributed by atoms with E-state index >= 15 is 0 Å². The Morgan fingerprint density at radius 3 is 2.85 bits per heavy atom. The molecule has 1 spiro atoms. The molecule has 0 N–H and O–H groups in total. The Bertz CT molecular complexity index is 533. The van der Waals surface area contributed by atoms with Gasteiger partial charge in [0.2, 0.25) is 0 Å². The fourth-order valence-electron chi connectivity index (χ4n) is 2.65. The van der Waals surface area contributed by atoms with Crippen molar-refractivity contribution in [3.63, 3.8) is 0 Å². The van der Waals surface area contributed by atoms with Crippen molar-refractivity contribution < 1.29 is 14.4 Å². The van der Waals surface area contributed by atoms with E-state index in [4.69, 9.17) is 21.1 Å². The normalized spacial score (nSPS) is 21.4. The van der Waals surface area contributed by atoms with E-state index in [9.17, 15) is 10.1 Å². The molecule has 3 heterocycles. The number of aromatic nitrogens is 1. The zero-order valence-electron chi connectivity index (χ0n) is 10.7. The van der Waals surface area contributed by atoms with Gasteiger partial charge in [-0.1, -0.05) is 11.6 Å². The lowest BCUT2D eigenvalue weighted by Crippen LogP contribution is -2.49. The van der Waals surface area contributed by atoms with Crippen molar-refractivity contribution in [1.29, 1.82) is 0 Å². The third-order valence-corrected chi connectivity index (χ3v) is 3.83. The molecule has 0 aromatic carbocycles. The topological polar surface area (TPSA) is 77.7 Å². The second-order valence-corrected chi connectivity index (χ2v) is 5.30. The predicted molar refractivity (Wildman–Crippen MR) is 72.0 cm³/mol. The summed E-state index contributed by atoms with van der Waals surface area (Å²) in [5.41, 5.74) is -0.112. The first kappa shape index (κ1) is 13.5. The molecule has 1 aromatic rings. The molecule has 0 aliphatic carbocycles. The fourth-order valence-corrected chi connectivity index (χ4v) is 2.93. The molecule has 0 radical (unpaired) electrons. The second-order valence-electron chi connectivity index (χ2n) is 4.89. The van der Waals surface area contributed by atoms with Gasteiger partial charge in [-0.25, -0.2) is 4.98 Å². The van der Waals surface area contributed by atoms with Gasteiger partial charge in [-0.2, -0.15) is 0 Å². The van der Waals surface area contributed by atoms with Gasteiger partial charge < -0.3 is 14.4 Å². The van der Waals surface area contributed by atoms with Gasteiger partial charge in [-0.3, -0.25) is 10.1 Å². The highest BCUT2D eigenvalue weighted by atomic mass is 35.5. The molecule has 108 valence electrons. The highest BCUT2D eigenvalue weighted by Gasteiger charge is 2.41. The number of nitro groups is 1. The average molecular weight is 300 g/mol. The lowest BCUT2D eigenvalue weighted by molar-refractivity contribution is -0.385. The largest absolute Gasteiger partial charge is 0.350 e. The lowest BCUT2D eigenvalue weighted by Gasteiger charge is -2.39. The van der Waals surface area contributed by atoms with Crippen molar-refractivity contribution in [2.75, 3.05) is 31.2 Å². The summed E-state index contributed by atoms with van der Waals surface area (Å²) in [6.07, 6.45) is 2.96. The number of hydrogen-bond acceptors (Lipinski definition) is 6. The molecule has 1 aromatic heterocycles. The summed E-state index contributed by atoms with van der Waals surface area (Å²) in [6, 6.07) is 1.32. The van der Waals surface area contributed by atoms with Crippen molar-refractivity contribution in [2.24, 2.45) is 0 Å². The molecule has 7 nitrogen and oxygen atoms in total. The maximum absolute atomic E-state index is 10.7. The molecular formula is C12H14ClN3O4. The van der Waals surface area contributed by atoms with Crippen LogP contribution in [-0.4, -0.2) is 42.0 Å². The van der Waals surface area contributed by atoms with Crippen LogP contribution < -0.4 is 4.90 Å². The third kappa shape index (κ3) is 2.44. The Balaban J connectivity index is 1.83. The summed E-state index contributed by atoms with van der Waals surface area (Å²) >= 11 is 6.11. The smallest absolute Gasteiger partial charge is 0.289 e. The summed E-state index contributed by atoms with van der Waals surface area (Å²) in [4.78, 5) is 16.3. The van der Waals surface area contributed by atoms with E-state index in [1.54, 1.807) is 0 Å². The van der Waals surface area contributed by atoms with E-state index in [0.29, 0.717) is 25.6 Å². The van der Waals surface area contributed by atoms with Crippen LogP contribution in [0.25, 0.3) is 0 Å². The Labute approximate surface area is 120 Å². The SMILES string of the molecule is O=[N+]([O-])c1cnc(N2CCCC3(C2)OCCO3)c(Cl)c1. The summed E-state index contributed by atoms with van der Waals surface area (Å²) in [5, 5.41) is 11.0. The minimum atomic E-state index is -0.578. The molecule has 0 bridgehead atoms. The van der Waals surface area contributed by atoms with Crippen molar-refractivity contribution in [1.82, 2.24) is 4.98 Å². The highest BCUT2D eigenvalue weighted by molar-refractivity contribution is 6.33. The number of pyridine rings is 1. The molecule has 8 heteroatoms. The monoisotopic (exact) mass is 299 g/mol. The van der Waals surface area contributed by atoms with E-state index in [-0.39, 0.29) is 10.7 Å². The van der Waals surface area contributed by atoms with Gasteiger partial charge in [-0.05, 0) is 6.42 Å². The number of ether oxygens (including phenoxy) is 2. The fraction of sp³-hybridized carbons (Fsp3) is 0.583. The molecule has 2 aliphatic heterocycles. The predicted octanol–water partition coefficient (Wildman–Crippen LogP) is 1.99. The molecule has 0 unspecified atom stereocenters. The molecule has 0 atom stereocenters. The van der Waals surface area contributed by atoms with Crippen LogP contribution in [0.4, 0.5) is 11.5 Å². The zero-order valence-corrected chi connectivity index (χ0v) is 11.5. The molecule has 2 fully saturated rings. The van der Waals surface area contributed by atoms with E-state index in [2.05, 4.69) is 4.98 Å². The molecule has 20 heavy (non-hydrogen) atoms. The van der Waals surface area contributed by atoms with Crippen LogP contribution in [0, 0.1) is 10.1 Å². The first-order chi connectivity index (χ1) is 9.60. The Morgan fingerprint density at radius 2 is 2.20 bits per heavy atom. The first-order valence-corrected chi connectivity index (χ1v) is 6.80. The first-order valence-electron chi connectivity index (χ1n) is 6.42. The number of nitrogens with zero attached hydrogens (tertiary/aromatic N) is 3. The van der Waals surface area contributed by atoms with Crippen molar-refractivity contribution in [3.05, 3.63) is 27.4 Å². The van der Waals surface area contributed by atoms with E-state index < -0.39 is 10.7 Å². The molecule has 3 rings (SSSR count). The third-order valence-electron chi connectivity index (χ3n) is 3.55. The van der Waals surface area contributed by atoms with Gasteiger partial charge in [0.25, 0.3) is 5.69 Å². The Hall–Kier alpha value is -1.44. The van der Waals surface area contributed by atoms with Gasteiger partial charge in [0.1, 0.15) is 12.0 Å². The minimum Gasteiger partial charge on any atom is -0.350 e. The van der Waals surface area contributed by atoms with E-state index in [1.807, 2.05) is 4.90 Å². The second kappa shape index (κ2) is 5.16. The minimum absolute atomic E-state index is 0.112. The van der Waals surface area contributed by atoms with Gasteiger partial charge in [0.15, 0.2) is 5.79 Å². The Morgan fingerprint density at radius 1 is 1.45 bits per heavy atom. The number of anilines is 1. The van der Waals surface area contributed by atoms with Crippen molar-refractivity contribution >= 4 is 23.1 Å². The van der Waals surface area contributed by atoms with Crippen LogP contribution in [-0.2, 0) is 9.47 Å². The van der Waals surface area contributed by atoms with Crippen molar-refractivity contribution in [3.8, 4) is 0 Å². The number of halogens is 1. The summed E-state index contributed by atoms with van der Waals surface area (Å²) in [5.74, 6) is -0.0409. The molecule has 0 amide bonds. The Kier molecular flexibility index (Phi) is 3.49. The van der Waals surface area contributed by atoms with Crippen LogP contribution in [0.1, 0.15) is 12.8 Å². The quantitative estimate of drug-likeness (QED) is 0.614. The summed E-state index contributed by atoms with van der Waals surface area (Å²) in [6.45, 7) is 2.50. The lowest BCUT2D eigenvalue weighted by atomic mass is 10.0. The maximum Gasteiger partial charge on any atom is 0.289 e. The number of rotatable bonds is 2. The summed E-state index contributed by atoms with van der Waals surface area (Å²) < 4.78 is 11.4. The molecular weight excluding hydrogens is 286 g/mol. The molecule has 2 saturated heterocycles. The summed E-state index contributed by atoms with van der Waals surface area (Å²) in [7, 11) is 0. The van der Waals surface area contributed by atoms with Crippen molar-refractivity contribution in [2.45, 2.75) is 18.6 Å². The van der Waals surface area contributed by atoms with Crippen LogP contribution in [0.2, 0.25) is 5.02 Å². The van der Waals surface area contributed by atoms with Crippen LogP contribution in [0.5, 0.6) is 0 Å². The number of hydrogen-bond donors (Lipinski definition) is 0.